The number of nitrogens with one attached hydrogen (secondary N) is 2. The Morgan fingerprint density at radius 1 is 1.14 bits per heavy atom. The van der Waals surface area contributed by atoms with E-state index < -0.39 is 0 Å². The van der Waals surface area contributed by atoms with Crippen molar-refractivity contribution in [1.29, 1.82) is 0 Å². The zero-order valence-corrected chi connectivity index (χ0v) is 19.5. The number of hydrogen-bond donors (Lipinski definition) is 2. The number of methoxy groups -OCH3 is 2. The van der Waals surface area contributed by atoms with Crippen molar-refractivity contribution < 1.29 is 19.0 Å². The van der Waals surface area contributed by atoms with Crippen LogP contribution < -0.4 is 24.8 Å². The number of carbonyl (C=O) groups excluding carboxylic acids is 1. The van der Waals surface area contributed by atoms with Gasteiger partial charge in [0.25, 0.3) is 5.91 Å². The molecule has 0 aliphatic carbocycles. The minimum Gasteiger partial charge on any atom is -0.493 e. The molecule has 2 aromatic rings. The highest BCUT2D eigenvalue weighted by Crippen LogP contribution is 2.33. The van der Waals surface area contributed by atoms with Crippen LogP contribution in [0.5, 0.6) is 17.2 Å². The Hall–Kier alpha value is -2.03. The quantitative estimate of drug-likeness (QED) is 0.511. The minimum absolute atomic E-state index is 0.184. The Morgan fingerprint density at radius 2 is 1.83 bits per heavy atom. The predicted octanol–water partition coefficient (Wildman–Crippen LogP) is 4.71. The first kappa shape index (κ1) is 23.3. The van der Waals surface area contributed by atoms with Crippen LogP contribution in [-0.2, 0) is 6.54 Å². The average molecular weight is 502 g/mol. The molecule has 0 saturated heterocycles. The van der Waals surface area contributed by atoms with Crippen LogP contribution in [-0.4, -0.2) is 31.8 Å². The van der Waals surface area contributed by atoms with Crippen molar-refractivity contribution in [3.05, 3.63) is 51.0 Å². The van der Waals surface area contributed by atoms with E-state index in [1.54, 1.807) is 37.4 Å². The molecule has 0 fully saturated rings. The third kappa shape index (κ3) is 6.48. The normalized spacial score (nSPS) is 10.2. The van der Waals surface area contributed by atoms with E-state index in [9.17, 15) is 4.79 Å². The molecule has 2 rings (SSSR count). The second-order valence-corrected chi connectivity index (χ2v) is 7.60. The molecule has 0 atom stereocenters. The maximum atomic E-state index is 12.4. The van der Waals surface area contributed by atoms with Gasteiger partial charge < -0.3 is 19.5 Å². The standard InChI is InChI=1S/C20H22BrClN2O4S/c1-4-7-28-16-6-5-12(8-14(16)21)19(25)24-20(29)23-11-13-9-17(26-2)18(27-3)10-15(13)22/h5-6,8-10H,4,7,11H2,1-3H3,(H2,23,24,25,29). The van der Waals surface area contributed by atoms with E-state index in [1.165, 1.54) is 7.11 Å². The summed E-state index contributed by atoms with van der Waals surface area (Å²) >= 11 is 14.9. The van der Waals surface area contributed by atoms with Gasteiger partial charge in [0.15, 0.2) is 16.6 Å². The number of carbonyl (C=O) groups is 1. The Morgan fingerprint density at radius 3 is 2.45 bits per heavy atom. The molecule has 0 saturated carbocycles. The van der Waals surface area contributed by atoms with Crippen LogP contribution in [0.2, 0.25) is 5.02 Å². The summed E-state index contributed by atoms with van der Waals surface area (Å²) in [7, 11) is 3.09. The van der Waals surface area contributed by atoms with Gasteiger partial charge in [-0.25, -0.2) is 0 Å². The van der Waals surface area contributed by atoms with E-state index in [0.29, 0.717) is 45.5 Å². The molecule has 0 unspecified atom stereocenters. The van der Waals surface area contributed by atoms with Crippen molar-refractivity contribution >= 4 is 50.8 Å². The van der Waals surface area contributed by atoms with Crippen molar-refractivity contribution in [3.8, 4) is 17.2 Å². The molecule has 156 valence electrons. The fourth-order valence-electron chi connectivity index (χ4n) is 2.40. The van der Waals surface area contributed by atoms with E-state index in [-0.39, 0.29) is 11.0 Å². The molecular formula is C20H22BrClN2O4S. The minimum atomic E-state index is -0.330. The topological polar surface area (TPSA) is 68.8 Å². The number of rotatable bonds is 8. The smallest absolute Gasteiger partial charge is 0.257 e. The van der Waals surface area contributed by atoms with E-state index >= 15 is 0 Å². The molecule has 0 aliphatic heterocycles. The molecule has 0 aliphatic rings. The third-order valence-electron chi connectivity index (χ3n) is 3.87. The Bertz CT molecular complexity index is 895. The van der Waals surface area contributed by atoms with E-state index in [2.05, 4.69) is 26.6 Å². The molecule has 1 amide bonds. The molecule has 6 nitrogen and oxygen atoms in total. The second kappa shape index (κ2) is 11.2. The summed E-state index contributed by atoms with van der Waals surface area (Å²) in [4.78, 5) is 12.4. The number of amides is 1. The monoisotopic (exact) mass is 500 g/mol. The molecule has 9 heteroatoms. The van der Waals surface area contributed by atoms with E-state index in [0.717, 1.165) is 12.0 Å². The van der Waals surface area contributed by atoms with Gasteiger partial charge >= 0.3 is 0 Å². The molecule has 2 N–H and O–H groups in total. The van der Waals surface area contributed by atoms with Gasteiger partial charge in [0.2, 0.25) is 0 Å². The van der Waals surface area contributed by atoms with Crippen molar-refractivity contribution in [2.45, 2.75) is 19.9 Å². The molecule has 0 radical (unpaired) electrons. The van der Waals surface area contributed by atoms with Crippen molar-refractivity contribution in [2.75, 3.05) is 20.8 Å². The van der Waals surface area contributed by atoms with Gasteiger partial charge in [0.1, 0.15) is 5.75 Å². The summed E-state index contributed by atoms with van der Waals surface area (Å²) < 4.78 is 16.8. The number of hydrogen-bond acceptors (Lipinski definition) is 5. The predicted molar refractivity (Wildman–Crippen MR) is 121 cm³/mol. The highest BCUT2D eigenvalue weighted by Gasteiger charge is 2.13. The van der Waals surface area contributed by atoms with Crippen LogP contribution in [0.15, 0.2) is 34.8 Å². The second-order valence-electron chi connectivity index (χ2n) is 5.93. The lowest BCUT2D eigenvalue weighted by Crippen LogP contribution is -2.38. The molecule has 0 spiro atoms. The summed E-state index contributed by atoms with van der Waals surface area (Å²) in [6.07, 6.45) is 0.901. The lowest BCUT2D eigenvalue weighted by Gasteiger charge is -2.14. The molecule has 0 aromatic heterocycles. The molecule has 2 aromatic carbocycles. The first-order chi connectivity index (χ1) is 13.9. The lowest BCUT2D eigenvalue weighted by atomic mass is 10.2. The van der Waals surface area contributed by atoms with Gasteiger partial charge in [0, 0.05) is 23.2 Å². The fourth-order valence-corrected chi connectivity index (χ4v) is 3.28. The average Bonchev–Trinajstić information content (AvgIpc) is 2.71. The SMILES string of the molecule is CCCOc1ccc(C(=O)NC(=S)NCc2cc(OC)c(OC)cc2Cl)cc1Br. The Balaban J connectivity index is 1.97. The largest absolute Gasteiger partial charge is 0.493 e. The van der Waals surface area contributed by atoms with Crippen LogP contribution >= 0.6 is 39.7 Å². The van der Waals surface area contributed by atoms with Gasteiger partial charge in [0.05, 0.1) is 25.3 Å². The first-order valence-corrected chi connectivity index (χ1v) is 10.4. The molecule has 0 bridgehead atoms. The molecule has 29 heavy (non-hydrogen) atoms. The number of thiocarbonyl (C=S) groups is 1. The highest BCUT2D eigenvalue weighted by atomic mass is 79.9. The summed E-state index contributed by atoms with van der Waals surface area (Å²) in [6.45, 7) is 2.95. The van der Waals surface area contributed by atoms with Gasteiger partial charge in [-0.2, -0.15) is 0 Å². The summed E-state index contributed by atoms with van der Waals surface area (Å²) in [5, 5.41) is 6.29. The summed E-state index contributed by atoms with van der Waals surface area (Å²) in [6, 6.07) is 8.53. The van der Waals surface area contributed by atoms with E-state index in [1.807, 2.05) is 6.92 Å². The zero-order chi connectivity index (χ0) is 21.4. The lowest BCUT2D eigenvalue weighted by molar-refractivity contribution is 0.0976. The fraction of sp³-hybridized carbons (Fsp3) is 0.300. The van der Waals surface area contributed by atoms with Crippen molar-refractivity contribution in [3.63, 3.8) is 0 Å². The molecule has 0 heterocycles. The molecular weight excluding hydrogens is 480 g/mol. The first-order valence-electron chi connectivity index (χ1n) is 8.81. The van der Waals surface area contributed by atoms with Gasteiger partial charge in [-0.05, 0) is 64.4 Å². The van der Waals surface area contributed by atoms with Crippen molar-refractivity contribution in [2.24, 2.45) is 0 Å². The highest BCUT2D eigenvalue weighted by molar-refractivity contribution is 9.10. The number of halogens is 2. The number of benzene rings is 2. The Labute approximate surface area is 189 Å². The van der Waals surface area contributed by atoms with Crippen LogP contribution in [0.1, 0.15) is 29.3 Å². The van der Waals surface area contributed by atoms with E-state index in [4.69, 9.17) is 38.0 Å². The van der Waals surface area contributed by atoms with Crippen LogP contribution in [0, 0.1) is 0 Å². The van der Waals surface area contributed by atoms with Crippen molar-refractivity contribution in [1.82, 2.24) is 10.6 Å². The van der Waals surface area contributed by atoms with Crippen LogP contribution in [0.4, 0.5) is 0 Å². The van der Waals surface area contributed by atoms with Gasteiger partial charge in [-0.3, -0.25) is 10.1 Å². The summed E-state index contributed by atoms with van der Waals surface area (Å²) in [5.74, 6) is 1.45. The van der Waals surface area contributed by atoms with Gasteiger partial charge in [-0.1, -0.05) is 18.5 Å². The summed E-state index contributed by atoms with van der Waals surface area (Å²) in [5.41, 5.74) is 1.20. The third-order valence-corrected chi connectivity index (χ3v) is 5.09. The van der Waals surface area contributed by atoms with Gasteiger partial charge in [-0.15, -0.1) is 0 Å². The maximum Gasteiger partial charge on any atom is 0.257 e. The van der Waals surface area contributed by atoms with Crippen LogP contribution in [0.3, 0.4) is 0 Å². The maximum absolute atomic E-state index is 12.4. The number of ether oxygens (including phenoxy) is 3. The Kier molecular flexibility index (Phi) is 9.00. The zero-order valence-electron chi connectivity index (χ0n) is 16.3. The van der Waals surface area contributed by atoms with Crippen LogP contribution in [0.25, 0.3) is 0 Å².